The van der Waals surface area contributed by atoms with Crippen LogP contribution >= 0.6 is 24.8 Å². The van der Waals surface area contributed by atoms with Gasteiger partial charge in [-0.1, -0.05) is 11.2 Å². The lowest BCUT2D eigenvalue weighted by atomic mass is 9.67. The number of hydrogen-bond acceptors (Lipinski definition) is 6. The van der Waals surface area contributed by atoms with Gasteiger partial charge in [0.1, 0.15) is 5.76 Å². The number of urea groups is 1. The molecule has 10 heteroatoms. The van der Waals surface area contributed by atoms with Crippen LogP contribution in [-0.4, -0.2) is 59.0 Å². The minimum Gasteiger partial charge on any atom is -0.381 e. The van der Waals surface area contributed by atoms with Gasteiger partial charge in [-0.15, -0.1) is 24.8 Å². The fraction of sp³-hybridized carbons (Fsp3) is 0.609. The molecule has 3 fully saturated rings. The number of fused-ring (bicyclic) bond motifs is 3. The molecule has 4 heterocycles. The first-order valence-electron chi connectivity index (χ1n) is 11.2. The first kappa shape index (κ1) is 25.7. The zero-order valence-corrected chi connectivity index (χ0v) is 21.0. The number of halogens is 2. The smallest absolute Gasteiger partial charge is 0.318 e. The number of nitrogens with zero attached hydrogens (tertiary/aromatic N) is 3. The number of rotatable bonds is 4. The average Bonchev–Trinajstić information content (AvgIpc) is 3.30. The minimum absolute atomic E-state index is 0. The van der Waals surface area contributed by atoms with Gasteiger partial charge < -0.3 is 24.8 Å². The Morgan fingerprint density at radius 3 is 2.64 bits per heavy atom. The molecule has 0 spiro atoms. The maximum atomic E-state index is 13.0. The van der Waals surface area contributed by atoms with Crippen molar-refractivity contribution in [1.29, 1.82) is 0 Å². The van der Waals surface area contributed by atoms with Crippen LogP contribution in [0.15, 0.2) is 28.9 Å². The summed E-state index contributed by atoms with van der Waals surface area (Å²) in [5, 5.41) is 11.1. The molecule has 7 atom stereocenters. The summed E-state index contributed by atoms with van der Waals surface area (Å²) >= 11 is 0. The van der Waals surface area contributed by atoms with Crippen molar-refractivity contribution in [2.24, 2.45) is 5.92 Å². The summed E-state index contributed by atoms with van der Waals surface area (Å²) in [4.78, 5) is 19.6. The highest BCUT2D eigenvalue weighted by atomic mass is 35.5. The first-order chi connectivity index (χ1) is 15.0. The van der Waals surface area contributed by atoms with Crippen LogP contribution in [0, 0.1) is 19.8 Å². The molecule has 182 valence electrons. The molecular weight excluding hydrogens is 465 g/mol. The lowest BCUT2D eigenvalue weighted by Crippen LogP contribution is -2.63. The number of piperidine rings is 1. The predicted octanol–water partition coefficient (Wildman–Crippen LogP) is 3.53. The van der Waals surface area contributed by atoms with Gasteiger partial charge in [0.25, 0.3) is 0 Å². The number of carbonyl (C=O) groups excluding carboxylic acids is 1. The Labute approximate surface area is 207 Å². The van der Waals surface area contributed by atoms with Gasteiger partial charge in [0.05, 0.1) is 35.6 Å². The van der Waals surface area contributed by atoms with E-state index < -0.39 is 0 Å². The Balaban J connectivity index is 0.00000153. The van der Waals surface area contributed by atoms with Crippen LogP contribution < -0.4 is 10.6 Å². The van der Waals surface area contributed by atoms with E-state index in [1.807, 2.05) is 36.9 Å². The molecule has 1 aliphatic carbocycles. The fourth-order valence-corrected chi connectivity index (χ4v) is 6.19. The van der Waals surface area contributed by atoms with Crippen LogP contribution in [0.25, 0.3) is 0 Å². The summed E-state index contributed by atoms with van der Waals surface area (Å²) in [5.74, 6) is 1.40. The predicted molar refractivity (Wildman–Crippen MR) is 129 cm³/mol. The second-order valence-electron chi connectivity index (χ2n) is 9.15. The number of ether oxygens (including phenoxy) is 1. The molecular formula is C23H33Cl2N5O3. The standard InChI is InChI=1S/C23H31N5O3.2ClH/c1-12-21(14(3)31-27-12)16-9-18-15(10-20(16)30-4)22-19(11-25-18)26-23(29)28(22)13(2)17-7-5-6-8-24-17;;/h5-8,13,15-16,18-20,22,25H,9-11H2,1-4H3,(H,26,29);2*1H/t13-,15?,16?,18?,19?,20?,22?;;/m1../s1. The number of aromatic nitrogens is 2. The second-order valence-corrected chi connectivity index (χ2v) is 9.15. The Kier molecular flexibility index (Phi) is 7.94. The van der Waals surface area contributed by atoms with Crippen molar-refractivity contribution in [3.63, 3.8) is 0 Å². The summed E-state index contributed by atoms with van der Waals surface area (Å²) in [6.45, 7) is 6.83. The SMILES string of the molecule is COC1CC2C(CC1c1c(C)noc1C)NCC1NC(=O)N([C@H](C)c3ccccn3)C12.Cl.Cl. The topological polar surface area (TPSA) is 92.5 Å². The highest BCUT2D eigenvalue weighted by Gasteiger charge is 2.54. The molecule has 0 bridgehead atoms. The lowest BCUT2D eigenvalue weighted by molar-refractivity contribution is -0.0165. The third-order valence-corrected chi connectivity index (χ3v) is 7.59. The quantitative estimate of drug-likeness (QED) is 0.670. The molecule has 2 saturated heterocycles. The molecule has 0 aromatic carbocycles. The van der Waals surface area contributed by atoms with E-state index in [0.29, 0.717) is 12.0 Å². The Hall–Kier alpha value is -1.87. The molecule has 5 rings (SSSR count). The molecule has 33 heavy (non-hydrogen) atoms. The van der Waals surface area contributed by atoms with E-state index in [2.05, 4.69) is 27.7 Å². The maximum Gasteiger partial charge on any atom is 0.318 e. The van der Waals surface area contributed by atoms with E-state index in [1.165, 1.54) is 5.56 Å². The molecule has 0 radical (unpaired) electrons. The van der Waals surface area contributed by atoms with Gasteiger partial charge in [0.15, 0.2) is 0 Å². The van der Waals surface area contributed by atoms with Crippen molar-refractivity contribution in [3.05, 3.63) is 47.1 Å². The van der Waals surface area contributed by atoms with E-state index in [-0.39, 0.29) is 61.0 Å². The fourth-order valence-electron chi connectivity index (χ4n) is 6.19. The van der Waals surface area contributed by atoms with Gasteiger partial charge >= 0.3 is 6.03 Å². The van der Waals surface area contributed by atoms with Crippen molar-refractivity contribution in [2.75, 3.05) is 13.7 Å². The minimum atomic E-state index is -0.0868. The van der Waals surface area contributed by atoms with E-state index in [1.54, 1.807) is 13.3 Å². The van der Waals surface area contributed by atoms with Crippen LogP contribution in [0.5, 0.6) is 0 Å². The number of pyridine rings is 1. The number of hydrogen-bond donors (Lipinski definition) is 2. The number of aryl methyl sites for hydroxylation is 2. The summed E-state index contributed by atoms with van der Waals surface area (Å²) in [7, 11) is 1.79. The Bertz CT molecular complexity index is 939. The van der Waals surface area contributed by atoms with E-state index >= 15 is 0 Å². The molecule has 2 aromatic heterocycles. The number of amides is 2. The maximum absolute atomic E-state index is 13.0. The summed E-state index contributed by atoms with van der Waals surface area (Å²) in [6, 6.07) is 6.29. The van der Waals surface area contributed by atoms with Gasteiger partial charge in [-0.3, -0.25) is 4.98 Å². The third-order valence-electron chi connectivity index (χ3n) is 7.59. The largest absolute Gasteiger partial charge is 0.381 e. The van der Waals surface area contributed by atoms with Crippen LogP contribution in [0.1, 0.15) is 54.4 Å². The van der Waals surface area contributed by atoms with E-state index in [0.717, 1.165) is 36.5 Å². The summed E-state index contributed by atoms with van der Waals surface area (Å²) in [5.41, 5.74) is 3.04. The van der Waals surface area contributed by atoms with Gasteiger partial charge in [-0.2, -0.15) is 0 Å². The molecule has 2 amide bonds. The monoisotopic (exact) mass is 497 g/mol. The first-order valence-corrected chi connectivity index (χ1v) is 11.2. The average molecular weight is 498 g/mol. The number of nitrogens with one attached hydrogen (secondary N) is 2. The molecule has 2 aliphatic heterocycles. The van der Waals surface area contributed by atoms with Gasteiger partial charge in [-0.05, 0) is 51.7 Å². The highest BCUT2D eigenvalue weighted by molar-refractivity contribution is 5.85. The summed E-state index contributed by atoms with van der Waals surface area (Å²) in [6.07, 6.45) is 3.67. The van der Waals surface area contributed by atoms with Crippen LogP contribution in [0.4, 0.5) is 4.79 Å². The zero-order valence-electron chi connectivity index (χ0n) is 19.4. The van der Waals surface area contributed by atoms with Crippen LogP contribution in [-0.2, 0) is 4.74 Å². The molecule has 2 N–H and O–H groups in total. The van der Waals surface area contributed by atoms with Gasteiger partial charge in [0.2, 0.25) is 0 Å². The van der Waals surface area contributed by atoms with Crippen molar-refractivity contribution in [1.82, 2.24) is 25.7 Å². The molecule has 1 saturated carbocycles. The van der Waals surface area contributed by atoms with Crippen LogP contribution in [0.2, 0.25) is 0 Å². The van der Waals surface area contributed by atoms with Crippen molar-refractivity contribution in [3.8, 4) is 0 Å². The zero-order chi connectivity index (χ0) is 21.7. The molecule has 8 nitrogen and oxygen atoms in total. The van der Waals surface area contributed by atoms with Crippen LogP contribution in [0.3, 0.4) is 0 Å². The molecule has 6 unspecified atom stereocenters. The van der Waals surface area contributed by atoms with E-state index in [9.17, 15) is 4.79 Å². The van der Waals surface area contributed by atoms with Gasteiger partial charge in [0, 0.05) is 37.4 Å². The normalized spacial score (nSPS) is 31.5. The summed E-state index contributed by atoms with van der Waals surface area (Å²) < 4.78 is 11.5. The third kappa shape index (κ3) is 4.34. The second kappa shape index (κ2) is 10.2. The van der Waals surface area contributed by atoms with Crippen molar-refractivity contribution in [2.45, 2.75) is 69.8 Å². The van der Waals surface area contributed by atoms with E-state index in [4.69, 9.17) is 9.26 Å². The van der Waals surface area contributed by atoms with Gasteiger partial charge in [-0.25, -0.2) is 4.79 Å². The Morgan fingerprint density at radius 2 is 2.00 bits per heavy atom. The number of carbonyl (C=O) groups is 1. The highest BCUT2D eigenvalue weighted by Crippen LogP contribution is 2.45. The Morgan fingerprint density at radius 1 is 1.21 bits per heavy atom. The number of methoxy groups -OCH3 is 1. The molecule has 3 aliphatic rings. The molecule has 2 aromatic rings. The van der Waals surface area contributed by atoms with Crippen molar-refractivity contribution < 1.29 is 14.1 Å². The van der Waals surface area contributed by atoms with Crippen molar-refractivity contribution >= 4 is 30.8 Å². The lowest BCUT2D eigenvalue weighted by Gasteiger charge is -2.50.